The molecular formula is C17H28BrNO. The number of halogens is 1. The molecule has 1 rings (SSSR count). The lowest BCUT2D eigenvalue weighted by molar-refractivity contribution is 0.139. The minimum absolute atomic E-state index is 0.548. The van der Waals surface area contributed by atoms with Gasteiger partial charge in [-0.15, -0.1) is 0 Å². The van der Waals surface area contributed by atoms with Crippen molar-refractivity contribution < 1.29 is 4.74 Å². The average molecular weight is 342 g/mol. The summed E-state index contributed by atoms with van der Waals surface area (Å²) in [7, 11) is 0. The van der Waals surface area contributed by atoms with Crippen LogP contribution in [0, 0.1) is 5.92 Å². The predicted octanol–water partition coefficient (Wildman–Crippen LogP) is 4.42. The third-order valence-electron chi connectivity index (χ3n) is 3.33. The van der Waals surface area contributed by atoms with Crippen LogP contribution in [0.3, 0.4) is 0 Å². The molecule has 114 valence electrons. The Labute approximate surface area is 132 Å². The second-order valence-corrected chi connectivity index (χ2v) is 6.52. The van der Waals surface area contributed by atoms with Gasteiger partial charge in [-0.1, -0.05) is 41.9 Å². The number of ether oxygens (including phenoxy) is 1. The lowest BCUT2D eigenvalue weighted by atomic mass is 9.94. The fourth-order valence-corrected chi connectivity index (χ4v) is 2.74. The Balaban J connectivity index is 2.47. The van der Waals surface area contributed by atoms with Gasteiger partial charge in [-0.3, -0.25) is 0 Å². The highest BCUT2D eigenvalue weighted by atomic mass is 79.9. The molecule has 0 saturated heterocycles. The molecule has 0 aliphatic rings. The Kier molecular flexibility index (Phi) is 9.16. The Morgan fingerprint density at radius 2 is 2.10 bits per heavy atom. The van der Waals surface area contributed by atoms with Crippen molar-refractivity contribution in [2.45, 2.75) is 46.1 Å². The molecule has 1 N–H and O–H groups in total. The third kappa shape index (κ3) is 8.03. The van der Waals surface area contributed by atoms with Gasteiger partial charge in [0.2, 0.25) is 0 Å². The van der Waals surface area contributed by atoms with Crippen LogP contribution >= 0.6 is 15.9 Å². The number of nitrogens with one attached hydrogen (secondary N) is 1. The van der Waals surface area contributed by atoms with E-state index in [0.717, 1.165) is 32.6 Å². The van der Waals surface area contributed by atoms with Crippen molar-refractivity contribution in [1.82, 2.24) is 5.32 Å². The second kappa shape index (κ2) is 10.4. The molecule has 0 radical (unpaired) electrons. The first-order valence-electron chi connectivity index (χ1n) is 7.67. The maximum Gasteiger partial charge on any atom is 0.0466 e. The summed E-state index contributed by atoms with van der Waals surface area (Å²) in [5.41, 5.74) is 1.41. The molecule has 1 aromatic carbocycles. The largest absolute Gasteiger partial charge is 0.382 e. The summed E-state index contributed by atoms with van der Waals surface area (Å²) in [6.07, 6.45) is 3.49. The van der Waals surface area contributed by atoms with Gasteiger partial charge >= 0.3 is 0 Å². The molecule has 0 heterocycles. The van der Waals surface area contributed by atoms with Crippen molar-refractivity contribution in [3.8, 4) is 0 Å². The zero-order valence-corrected chi connectivity index (χ0v) is 14.6. The van der Waals surface area contributed by atoms with Crippen molar-refractivity contribution in [2.75, 3.05) is 19.8 Å². The Morgan fingerprint density at radius 1 is 1.30 bits per heavy atom. The van der Waals surface area contributed by atoms with Crippen molar-refractivity contribution in [3.05, 3.63) is 34.3 Å². The molecule has 0 fully saturated rings. The molecule has 0 amide bonds. The smallest absolute Gasteiger partial charge is 0.0466 e. The molecule has 0 saturated carbocycles. The first-order chi connectivity index (χ1) is 9.61. The van der Waals surface area contributed by atoms with E-state index in [-0.39, 0.29) is 0 Å². The van der Waals surface area contributed by atoms with E-state index < -0.39 is 0 Å². The molecule has 0 aliphatic carbocycles. The van der Waals surface area contributed by atoms with E-state index in [2.05, 4.69) is 66.3 Å². The highest BCUT2D eigenvalue weighted by Gasteiger charge is 2.10. The number of hydrogen-bond acceptors (Lipinski definition) is 2. The van der Waals surface area contributed by atoms with Gasteiger partial charge in [0, 0.05) is 23.7 Å². The molecule has 0 aliphatic heterocycles. The standard InChI is InChI=1S/C17H28BrNO/c1-4-20-10-6-8-16(13-19-14(2)3)11-15-7-5-9-17(18)12-15/h5,7,9,12,14,16,19H,4,6,8,10-11,13H2,1-3H3. The van der Waals surface area contributed by atoms with Crippen LogP contribution in [0.25, 0.3) is 0 Å². The van der Waals surface area contributed by atoms with Gasteiger partial charge in [0.1, 0.15) is 0 Å². The SMILES string of the molecule is CCOCCCC(CNC(C)C)Cc1cccc(Br)c1. The van der Waals surface area contributed by atoms with Crippen LogP contribution in [0.2, 0.25) is 0 Å². The van der Waals surface area contributed by atoms with Crippen molar-refractivity contribution in [1.29, 1.82) is 0 Å². The van der Waals surface area contributed by atoms with Crippen molar-refractivity contribution in [3.63, 3.8) is 0 Å². The van der Waals surface area contributed by atoms with Crippen LogP contribution < -0.4 is 5.32 Å². The summed E-state index contributed by atoms with van der Waals surface area (Å²) in [5.74, 6) is 0.673. The van der Waals surface area contributed by atoms with Crippen LogP contribution in [-0.4, -0.2) is 25.8 Å². The Hall–Kier alpha value is -0.380. The van der Waals surface area contributed by atoms with Gasteiger partial charge in [-0.25, -0.2) is 0 Å². The van der Waals surface area contributed by atoms with E-state index in [1.165, 1.54) is 16.5 Å². The van der Waals surface area contributed by atoms with Crippen molar-refractivity contribution in [2.24, 2.45) is 5.92 Å². The molecule has 2 nitrogen and oxygen atoms in total. The summed E-state index contributed by atoms with van der Waals surface area (Å²) in [4.78, 5) is 0. The van der Waals surface area contributed by atoms with Gasteiger partial charge in [0.15, 0.2) is 0 Å². The second-order valence-electron chi connectivity index (χ2n) is 5.60. The number of rotatable bonds is 10. The van der Waals surface area contributed by atoms with Crippen LogP contribution in [0.4, 0.5) is 0 Å². The summed E-state index contributed by atoms with van der Waals surface area (Å²) in [5, 5.41) is 3.57. The van der Waals surface area contributed by atoms with Crippen LogP contribution in [0.15, 0.2) is 28.7 Å². The van der Waals surface area contributed by atoms with Crippen LogP contribution in [0.5, 0.6) is 0 Å². The van der Waals surface area contributed by atoms with Gasteiger partial charge in [0.05, 0.1) is 0 Å². The van der Waals surface area contributed by atoms with E-state index in [9.17, 15) is 0 Å². The van der Waals surface area contributed by atoms with Crippen LogP contribution in [-0.2, 0) is 11.2 Å². The van der Waals surface area contributed by atoms with E-state index in [1.54, 1.807) is 0 Å². The molecule has 0 bridgehead atoms. The zero-order chi connectivity index (χ0) is 14.8. The molecule has 1 aromatic rings. The first kappa shape index (κ1) is 17.7. The third-order valence-corrected chi connectivity index (χ3v) is 3.83. The van der Waals surface area contributed by atoms with Gasteiger partial charge in [0.25, 0.3) is 0 Å². The molecular weight excluding hydrogens is 314 g/mol. The lowest BCUT2D eigenvalue weighted by Crippen LogP contribution is -2.30. The van der Waals surface area contributed by atoms with Gasteiger partial charge in [-0.2, -0.15) is 0 Å². The van der Waals surface area contributed by atoms with Gasteiger partial charge < -0.3 is 10.1 Å². The highest BCUT2D eigenvalue weighted by Crippen LogP contribution is 2.18. The molecule has 0 aromatic heterocycles. The first-order valence-corrected chi connectivity index (χ1v) is 8.46. The maximum absolute atomic E-state index is 5.45. The number of hydrogen-bond donors (Lipinski definition) is 1. The monoisotopic (exact) mass is 341 g/mol. The normalized spacial score (nSPS) is 12.8. The van der Waals surface area contributed by atoms with Gasteiger partial charge in [-0.05, 0) is 56.3 Å². The Morgan fingerprint density at radius 3 is 2.75 bits per heavy atom. The summed E-state index contributed by atoms with van der Waals surface area (Å²) < 4.78 is 6.62. The van der Waals surface area contributed by atoms with Crippen molar-refractivity contribution >= 4 is 15.9 Å². The van der Waals surface area contributed by atoms with E-state index in [4.69, 9.17) is 4.74 Å². The molecule has 1 unspecified atom stereocenters. The highest BCUT2D eigenvalue weighted by molar-refractivity contribution is 9.10. The average Bonchev–Trinajstić information content (AvgIpc) is 2.40. The quantitative estimate of drug-likeness (QED) is 0.636. The van der Waals surface area contributed by atoms with E-state index in [1.807, 2.05) is 0 Å². The predicted molar refractivity (Wildman–Crippen MR) is 90.2 cm³/mol. The Bertz CT molecular complexity index is 368. The summed E-state index contributed by atoms with van der Waals surface area (Å²) in [6, 6.07) is 9.19. The topological polar surface area (TPSA) is 21.3 Å². The molecule has 3 heteroatoms. The zero-order valence-electron chi connectivity index (χ0n) is 13.0. The minimum Gasteiger partial charge on any atom is -0.382 e. The molecule has 1 atom stereocenters. The molecule has 0 spiro atoms. The fraction of sp³-hybridized carbons (Fsp3) is 0.647. The van der Waals surface area contributed by atoms with E-state index >= 15 is 0 Å². The maximum atomic E-state index is 5.45. The fourth-order valence-electron chi connectivity index (χ4n) is 2.29. The summed E-state index contributed by atoms with van der Waals surface area (Å²) in [6.45, 7) is 9.25. The van der Waals surface area contributed by atoms with Crippen LogP contribution in [0.1, 0.15) is 39.2 Å². The lowest BCUT2D eigenvalue weighted by Gasteiger charge is -2.19. The minimum atomic E-state index is 0.548. The van der Waals surface area contributed by atoms with E-state index in [0.29, 0.717) is 12.0 Å². The number of benzene rings is 1. The summed E-state index contributed by atoms with van der Waals surface area (Å²) >= 11 is 3.55. The molecule has 20 heavy (non-hydrogen) atoms.